The van der Waals surface area contributed by atoms with Crippen LogP contribution in [0.1, 0.15) is 31.4 Å². The number of nitrogens with one attached hydrogen (secondary N) is 1. The Morgan fingerprint density at radius 3 is 2.29 bits per heavy atom. The summed E-state index contributed by atoms with van der Waals surface area (Å²) in [7, 11) is 0. The van der Waals surface area contributed by atoms with E-state index in [0.717, 1.165) is 16.8 Å². The van der Waals surface area contributed by atoms with Crippen LogP contribution in [-0.2, 0) is 4.79 Å². The summed E-state index contributed by atoms with van der Waals surface area (Å²) in [6, 6.07) is 5.51. The molecule has 0 radical (unpaired) electrons. The Balaban J connectivity index is 2.74. The van der Waals surface area contributed by atoms with E-state index in [4.69, 9.17) is 5.73 Å². The molecule has 1 aromatic rings. The van der Waals surface area contributed by atoms with Gasteiger partial charge in [0.05, 0.1) is 6.04 Å². The maximum Gasteiger partial charge on any atom is 0.241 e. The fraction of sp³-hybridized carbons (Fsp3) is 0.500. The van der Waals surface area contributed by atoms with Gasteiger partial charge in [-0.05, 0) is 37.3 Å². The smallest absolute Gasteiger partial charge is 0.241 e. The van der Waals surface area contributed by atoms with Gasteiger partial charge in [-0.1, -0.05) is 32.0 Å². The lowest BCUT2D eigenvalue weighted by Gasteiger charge is -2.16. The molecule has 0 spiro atoms. The van der Waals surface area contributed by atoms with Gasteiger partial charge in [-0.3, -0.25) is 4.79 Å². The van der Waals surface area contributed by atoms with Crippen molar-refractivity contribution >= 4 is 11.6 Å². The number of hydrogen-bond donors (Lipinski definition) is 2. The Kier molecular flexibility index (Phi) is 4.70. The molecule has 1 amide bonds. The van der Waals surface area contributed by atoms with Crippen LogP contribution in [0.25, 0.3) is 0 Å². The van der Waals surface area contributed by atoms with E-state index in [2.05, 4.69) is 19.2 Å². The van der Waals surface area contributed by atoms with Gasteiger partial charge in [0.25, 0.3) is 0 Å². The zero-order valence-corrected chi connectivity index (χ0v) is 11.1. The van der Waals surface area contributed by atoms with Crippen molar-refractivity contribution in [3.05, 3.63) is 29.3 Å². The standard InChI is InChI=1S/C14H22N2O/c1-9(2)8-12(15)14(17)16-13-10(3)6-5-7-11(13)4/h5-7,9,12H,8,15H2,1-4H3,(H,16,17)/t12-/m0/s1. The van der Waals surface area contributed by atoms with E-state index >= 15 is 0 Å². The molecule has 0 saturated heterocycles. The Hall–Kier alpha value is -1.35. The van der Waals surface area contributed by atoms with E-state index in [1.165, 1.54) is 0 Å². The lowest BCUT2D eigenvalue weighted by Crippen LogP contribution is -2.37. The van der Waals surface area contributed by atoms with Crippen LogP contribution in [0.4, 0.5) is 5.69 Å². The van der Waals surface area contributed by atoms with Gasteiger partial charge in [0, 0.05) is 5.69 Å². The SMILES string of the molecule is Cc1cccc(C)c1NC(=O)[C@@H](N)CC(C)C. The van der Waals surface area contributed by atoms with Gasteiger partial charge in [0.2, 0.25) is 5.91 Å². The van der Waals surface area contributed by atoms with E-state index in [1.54, 1.807) is 0 Å². The maximum atomic E-state index is 11.9. The van der Waals surface area contributed by atoms with Crippen LogP contribution in [0.5, 0.6) is 0 Å². The zero-order chi connectivity index (χ0) is 13.0. The first-order valence-electron chi connectivity index (χ1n) is 6.04. The quantitative estimate of drug-likeness (QED) is 0.841. The van der Waals surface area contributed by atoms with Crippen LogP contribution < -0.4 is 11.1 Å². The number of hydrogen-bond acceptors (Lipinski definition) is 2. The Morgan fingerprint density at radius 1 is 1.29 bits per heavy atom. The van der Waals surface area contributed by atoms with Crippen molar-refractivity contribution in [2.24, 2.45) is 11.7 Å². The van der Waals surface area contributed by atoms with Crippen LogP contribution >= 0.6 is 0 Å². The van der Waals surface area contributed by atoms with E-state index in [1.807, 2.05) is 32.0 Å². The number of carbonyl (C=O) groups is 1. The summed E-state index contributed by atoms with van der Waals surface area (Å²) in [5.74, 6) is 0.324. The monoisotopic (exact) mass is 234 g/mol. The molecular formula is C14H22N2O. The predicted octanol–water partition coefficient (Wildman–Crippen LogP) is 2.62. The number of amides is 1. The molecule has 3 nitrogen and oxygen atoms in total. The third-order valence-corrected chi connectivity index (χ3v) is 2.79. The van der Waals surface area contributed by atoms with Gasteiger partial charge in [-0.25, -0.2) is 0 Å². The Morgan fingerprint density at radius 2 is 1.82 bits per heavy atom. The third-order valence-electron chi connectivity index (χ3n) is 2.79. The van der Waals surface area contributed by atoms with Crippen molar-refractivity contribution in [3.8, 4) is 0 Å². The lowest BCUT2D eigenvalue weighted by atomic mass is 10.0. The molecule has 1 rings (SSSR count). The van der Waals surface area contributed by atoms with Crippen LogP contribution in [0.2, 0.25) is 0 Å². The second-order valence-corrected chi connectivity index (χ2v) is 4.99. The van der Waals surface area contributed by atoms with Gasteiger partial charge in [0.15, 0.2) is 0 Å². The largest absolute Gasteiger partial charge is 0.324 e. The summed E-state index contributed by atoms with van der Waals surface area (Å²) >= 11 is 0. The minimum Gasteiger partial charge on any atom is -0.324 e. The van der Waals surface area contributed by atoms with Crippen LogP contribution in [0.15, 0.2) is 18.2 Å². The predicted molar refractivity (Wildman–Crippen MR) is 72.0 cm³/mol. The molecule has 3 N–H and O–H groups in total. The van der Waals surface area contributed by atoms with Crippen molar-refractivity contribution in [2.75, 3.05) is 5.32 Å². The maximum absolute atomic E-state index is 11.9. The molecule has 0 unspecified atom stereocenters. The molecule has 0 aliphatic heterocycles. The Bertz CT molecular complexity index is 379. The summed E-state index contributed by atoms with van der Waals surface area (Å²) in [5.41, 5.74) is 8.87. The second-order valence-electron chi connectivity index (χ2n) is 4.99. The number of benzene rings is 1. The Labute approximate surface area is 103 Å². The van der Waals surface area contributed by atoms with E-state index in [-0.39, 0.29) is 5.91 Å². The first-order chi connectivity index (χ1) is 7.91. The fourth-order valence-corrected chi connectivity index (χ4v) is 1.84. The highest BCUT2D eigenvalue weighted by molar-refractivity contribution is 5.95. The molecule has 0 bridgehead atoms. The average molecular weight is 234 g/mol. The van der Waals surface area contributed by atoms with Gasteiger partial charge < -0.3 is 11.1 Å². The molecule has 0 aliphatic rings. The molecule has 0 heterocycles. The van der Waals surface area contributed by atoms with E-state index < -0.39 is 6.04 Å². The molecule has 1 atom stereocenters. The molecule has 94 valence electrons. The third kappa shape index (κ3) is 3.86. The minimum absolute atomic E-state index is 0.101. The van der Waals surface area contributed by atoms with Crippen molar-refractivity contribution in [2.45, 2.75) is 40.2 Å². The summed E-state index contributed by atoms with van der Waals surface area (Å²) < 4.78 is 0. The minimum atomic E-state index is -0.436. The summed E-state index contributed by atoms with van der Waals surface area (Å²) in [5, 5.41) is 2.92. The number of anilines is 1. The van der Waals surface area contributed by atoms with Crippen LogP contribution in [0.3, 0.4) is 0 Å². The summed E-state index contributed by atoms with van der Waals surface area (Å²) in [6.45, 7) is 8.09. The first-order valence-corrected chi connectivity index (χ1v) is 6.04. The van der Waals surface area contributed by atoms with Gasteiger partial charge in [-0.2, -0.15) is 0 Å². The summed E-state index contributed by atoms with van der Waals surface area (Å²) in [6.07, 6.45) is 0.705. The number of para-hydroxylation sites is 1. The highest BCUT2D eigenvalue weighted by Gasteiger charge is 2.16. The van der Waals surface area contributed by atoms with Crippen molar-refractivity contribution < 1.29 is 4.79 Å². The molecule has 0 aliphatic carbocycles. The molecule has 0 fully saturated rings. The van der Waals surface area contributed by atoms with Crippen LogP contribution in [-0.4, -0.2) is 11.9 Å². The molecule has 0 aromatic heterocycles. The van der Waals surface area contributed by atoms with Crippen molar-refractivity contribution in [3.63, 3.8) is 0 Å². The highest BCUT2D eigenvalue weighted by atomic mass is 16.2. The average Bonchev–Trinajstić information content (AvgIpc) is 2.22. The molecule has 17 heavy (non-hydrogen) atoms. The molecular weight excluding hydrogens is 212 g/mol. The topological polar surface area (TPSA) is 55.1 Å². The second kappa shape index (κ2) is 5.82. The van der Waals surface area contributed by atoms with Crippen LogP contribution in [0, 0.1) is 19.8 Å². The first kappa shape index (κ1) is 13.7. The number of aryl methyl sites for hydroxylation is 2. The molecule has 1 aromatic carbocycles. The molecule has 0 saturated carbocycles. The fourth-order valence-electron chi connectivity index (χ4n) is 1.84. The zero-order valence-electron chi connectivity index (χ0n) is 11.1. The number of carbonyl (C=O) groups excluding carboxylic acids is 1. The van der Waals surface area contributed by atoms with Gasteiger partial charge >= 0.3 is 0 Å². The number of rotatable bonds is 4. The molecule has 3 heteroatoms. The highest BCUT2D eigenvalue weighted by Crippen LogP contribution is 2.19. The van der Waals surface area contributed by atoms with Crippen molar-refractivity contribution in [1.82, 2.24) is 0 Å². The van der Waals surface area contributed by atoms with Gasteiger partial charge in [-0.15, -0.1) is 0 Å². The number of nitrogens with two attached hydrogens (primary N) is 1. The van der Waals surface area contributed by atoms with Gasteiger partial charge in [0.1, 0.15) is 0 Å². The van der Waals surface area contributed by atoms with Crippen molar-refractivity contribution in [1.29, 1.82) is 0 Å². The van der Waals surface area contributed by atoms with E-state index in [9.17, 15) is 4.79 Å². The lowest BCUT2D eigenvalue weighted by molar-refractivity contribution is -0.117. The van der Waals surface area contributed by atoms with E-state index in [0.29, 0.717) is 12.3 Å². The normalized spacial score (nSPS) is 12.6. The summed E-state index contributed by atoms with van der Waals surface area (Å²) in [4.78, 5) is 11.9.